The molecule has 0 aromatic heterocycles. The first-order valence-corrected chi connectivity index (χ1v) is 9.13. The topological polar surface area (TPSA) is 17.1 Å². The van der Waals surface area contributed by atoms with Gasteiger partial charge in [-0.25, -0.2) is 0 Å². The van der Waals surface area contributed by atoms with Crippen LogP contribution in [-0.2, 0) is 11.2 Å². The molecule has 3 rings (SSSR count). The average Bonchev–Trinajstić information content (AvgIpc) is 2.75. The Morgan fingerprint density at radius 3 is 2.42 bits per heavy atom. The lowest BCUT2D eigenvalue weighted by Gasteiger charge is -2.15. The van der Waals surface area contributed by atoms with E-state index in [0.29, 0.717) is 11.4 Å². The van der Waals surface area contributed by atoms with Crippen molar-refractivity contribution in [1.29, 1.82) is 0 Å². The maximum atomic E-state index is 13.0. The predicted octanol–water partition coefficient (Wildman–Crippen LogP) is 6.38. The van der Waals surface area contributed by atoms with E-state index in [9.17, 15) is 4.79 Å². The van der Waals surface area contributed by atoms with Crippen LogP contribution >= 0.6 is 23.2 Å². The monoisotopic (exact) mass is 358 g/mol. The lowest BCUT2D eigenvalue weighted by molar-refractivity contribution is -0.119. The molecule has 1 aliphatic rings. The summed E-state index contributed by atoms with van der Waals surface area (Å²) in [6.07, 6.45) is 6.53. The van der Waals surface area contributed by atoms with Crippen LogP contribution in [0.5, 0.6) is 0 Å². The van der Waals surface area contributed by atoms with Crippen LogP contribution in [0, 0.1) is 5.92 Å². The Balaban J connectivity index is 1.86. The number of carbonyl (C=O) groups is 1. The third kappa shape index (κ3) is 4.09. The van der Waals surface area contributed by atoms with E-state index >= 15 is 0 Å². The molecule has 0 spiro atoms. The minimum absolute atomic E-state index is 0.00105. The zero-order valence-corrected chi connectivity index (χ0v) is 15.0. The lowest BCUT2D eigenvalue weighted by Crippen LogP contribution is -2.17. The van der Waals surface area contributed by atoms with Gasteiger partial charge in [-0.2, -0.15) is 0 Å². The summed E-state index contributed by atoms with van der Waals surface area (Å²) in [7, 11) is 0. The molecule has 0 heterocycles. The Morgan fingerprint density at radius 1 is 0.958 bits per heavy atom. The highest BCUT2D eigenvalue weighted by Crippen LogP contribution is 2.31. The molecule has 0 aliphatic heterocycles. The fraction of sp³-hybridized carbons (Fsp3) is 0.286. The van der Waals surface area contributed by atoms with E-state index in [-0.39, 0.29) is 11.7 Å². The highest BCUT2D eigenvalue weighted by Gasteiger charge is 2.25. The molecular formula is C21H20Cl2O. The molecule has 1 fully saturated rings. The summed E-state index contributed by atoms with van der Waals surface area (Å²) in [6, 6.07) is 15.5. The fourth-order valence-electron chi connectivity index (χ4n) is 3.27. The predicted molar refractivity (Wildman–Crippen MR) is 102 cm³/mol. The number of ketones is 1. The summed E-state index contributed by atoms with van der Waals surface area (Å²) < 4.78 is 0. The highest BCUT2D eigenvalue weighted by molar-refractivity contribution is 6.32. The zero-order chi connectivity index (χ0) is 16.9. The van der Waals surface area contributed by atoms with Gasteiger partial charge in [0.2, 0.25) is 0 Å². The van der Waals surface area contributed by atoms with Crippen LogP contribution in [0.3, 0.4) is 0 Å². The van der Waals surface area contributed by atoms with Crippen LogP contribution in [0.15, 0.2) is 54.1 Å². The van der Waals surface area contributed by atoms with Crippen molar-refractivity contribution in [2.24, 2.45) is 5.92 Å². The van der Waals surface area contributed by atoms with Crippen LogP contribution in [0.2, 0.25) is 10.0 Å². The number of hydrogen-bond donors (Lipinski definition) is 0. The van der Waals surface area contributed by atoms with Crippen LogP contribution in [-0.4, -0.2) is 5.78 Å². The molecule has 0 saturated heterocycles. The molecule has 1 unspecified atom stereocenters. The number of Topliss-reactive ketones (excluding diaryl/α,β-unsaturated/α-hetero) is 1. The Labute approximate surface area is 153 Å². The first-order valence-electron chi connectivity index (χ1n) is 8.38. The molecule has 124 valence electrons. The van der Waals surface area contributed by atoms with Crippen LogP contribution in [0.4, 0.5) is 0 Å². The number of allylic oxidation sites excluding steroid dienone is 1. The number of hydrogen-bond acceptors (Lipinski definition) is 1. The van der Waals surface area contributed by atoms with E-state index in [1.807, 2.05) is 54.6 Å². The van der Waals surface area contributed by atoms with Gasteiger partial charge in [0.1, 0.15) is 0 Å². The number of carbonyl (C=O) groups excluding carboxylic acids is 1. The summed E-state index contributed by atoms with van der Waals surface area (Å²) in [5.74, 6) is 0.244. The molecule has 0 N–H and O–H groups in total. The smallest absolute Gasteiger partial charge is 0.162 e. The van der Waals surface area contributed by atoms with Gasteiger partial charge in [-0.1, -0.05) is 66.0 Å². The van der Waals surface area contributed by atoms with Crippen LogP contribution in [0.25, 0.3) is 6.08 Å². The van der Waals surface area contributed by atoms with E-state index in [1.54, 1.807) is 0 Å². The largest absolute Gasteiger partial charge is 0.294 e. The second-order valence-electron chi connectivity index (χ2n) is 6.29. The Bertz CT molecular complexity index is 764. The van der Waals surface area contributed by atoms with Crippen molar-refractivity contribution in [2.75, 3.05) is 0 Å². The maximum Gasteiger partial charge on any atom is 0.162 e. The summed E-state index contributed by atoms with van der Waals surface area (Å²) in [5, 5.41) is 1.43. The van der Waals surface area contributed by atoms with Gasteiger partial charge in [-0.3, -0.25) is 4.79 Å². The molecule has 1 aliphatic carbocycles. The van der Waals surface area contributed by atoms with Gasteiger partial charge in [0.15, 0.2) is 5.78 Å². The van der Waals surface area contributed by atoms with Gasteiger partial charge >= 0.3 is 0 Å². The normalized spacial score (nSPS) is 20.2. The molecule has 2 aromatic carbocycles. The molecule has 0 amide bonds. The molecule has 1 atom stereocenters. The van der Waals surface area contributed by atoms with E-state index in [0.717, 1.165) is 47.4 Å². The summed E-state index contributed by atoms with van der Waals surface area (Å²) in [5.41, 5.74) is 2.86. The van der Waals surface area contributed by atoms with Gasteiger partial charge in [0.05, 0.1) is 0 Å². The first kappa shape index (κ1) is 17.3. The average molecular weight is 359 g/mol. The second kappa shape index (κ2) is 8.00. The van der Waals surface area contributed by atoms with E-state index in [2.05, 4.69) is 0 Å². The second-order valence-corrected chi connectivity index (χ2v) is 7.11. The number of halogens is 2. The van der Waals surface area contributed by atoms with Crippen molar-refractivity contribution in [3.63, 3.8) is 0 Å². The third-order valence-electron chi connectivity index (χ3n) is 4.60. The van der Waals surface area contributed by atoms with E-state index < -0.39 is 0 Å². The number of rotatable bonds is 3. The molecule has 1 saturated carbocycles. The Hall–Kier alpha value is -1.57. The molecule has 0 radical (unpaired) electrons. The maximum absolute atomic E-state index is 13.0. The van der Waals surface area contributed by atoms with Crippen molar-refractivity contribution in [1.82, 2.24) is 0 Å². The molecule has 0 bridgehead atoms. The summed E-state index contributed by atoms with van der Waals surface area (Å²) in [6.45, 7) is 0. The quantitative estimate of drug-likeness (QED) is 0.459. The molecular weight excluding hydrogens is 339 g/mol. The first-order chi connectivity index (χ1) is 11.6. The van der Waals surface area contributed by atoms with Crippen LogP contribution < -0.4 is 0 Å². The van der Waals surface area contributed by atoms with Crippen molar-refractivity contribution in [3.05, 3.63) is 75.3 Å². The molecule has 24 heavy (non-hydrogen) atoms. The zero-order valence-electron chi connectivity index (χ0n) is 13.5. The van der Waals surface area contributed by atoms with Gasteiger partial charge < -0.3 is 0 Å². The fourth-order valence-corrected chi connectivity index (χ4v) is 3.67. The van der Waals surface area contributed by atoms with Gasteiger partial charge in [-0.15, -0.1) is 0 Å². The van der Waals surface area contributed by atoms with Crippen molar-refractivity contribution in [2.45, 2.75) is 32.1 Å². The van der Waals surface area contributed by atoms with E-state index in [1.165, 1.54) is 0 Å². The third-order valence-corrected chi connectivity index (χ3v) is 5.31. The SMILES string of the molecule is O=C1C(=Cc2ccccc2Cl)CCCCC1Cc1ccccc1Cl. The standard InChI is InChI=1S/C21H20Cl2O/c22-19-11-5-3-7-15(19)13-17-9-1-2-10-18(21(17)24)14-16-8-4-6-12-20(16)23/h3-8,11-13,18H,1-2,9-10,14H2. The summed E-state index contributed by atoms with van der Waals surface area (Å²) in [4.78, 5) is 13.0. The van der Waals surface area contributed by atoms with Crippen molar-refractivity contribution >= 4 is 35.1 Å². The Morgan fingerprint density at radius 2 is 1.67 bits per heavy atom. The van der Waals surface area contributed by atoms with E-state index in [4.69, 9.17) is 23.2 Å². The Kier molecular flexibility index (Phi) is 5.76. The van der Waals surface area contributed by atoms with Crippen molar-refractivity contribution < 1.29 is 4.79 Å². The molecule has 2 aromatic rings. The van der Waals surface area contributed by atoms with Crippen molar-refractivity contribution in [3.8, 4) is 0 Å². The van der Waals surface area contributed by atoms with Crippen LogP contribution in [0.1, 0.15) is 36.8 Å². The number of benzene rings is 2. The lowest BCUT2D eigenvalue weighted by atomic mass is 9.89. The van der Waals surface area contributed by atoms with Gasteiger partial charge in [0.25, 0.3) is 0 Å². The molecule has 1 nitrogen and oxygen atoms in total. The van der Waals surface area contributed by atoms with Gasteiger partial charge in [-0.05, 0) is 60.6 Å². The highest BCUT2D eigenvalue weighted by atomic mass is 35.5. The van der Waals surface area contributed by atoms with Gasteiger partial charge in [0, 0.05) is 16.0 Å². The minimum atomic E-state index is 0.00105. The summed E-state index contributed by atoms with van der Waals surface area (Å²) >= 11 is 12.5. The molecule has 3 heteroatoms. The minimum Gasteiger partial charge on any atom is -0.294 e.